The molecule has 0 bridgehead atoms. The number of carboxylic acids is 2. The number of aliphatic carboxylic acids is 2. The second-order valence-corrected chi connectivity index (χ2v) is 4.34. The molecule has 2 rings (SSSR count). The number of para-hydroxylation sites is 2. The third-order valence-corrected chi connectivity index (χ3v) is 2.76. The van der Waals surface area contributed by atoms with Crippen molar-refractivity contribution >= 4 is 23.3 Å². The summed E-state index contributed by atoms with van der Waals surface area (Å²) in [6.45, 7) is 0. The van der Waals surface area contributed by atoms with Gasteiger partial charge in [0.05, 0.1) is 0 Å². The van der Waals surface area contributed by atoms with Crippen molar-refractivity contribution in [2.75, 3.05) is 10.6 Å². The Morgan fingerprint density at radius 2 is 0.955 bits per heavy atom. The first-order valence-corrected chi connectivity index (χ1v) is 6.43. The molecular formula is C16H14N2O4. The van der Waals surface area contributed by atoms with Crippen LogP contribution >= 0.6 is 0 Å². The summed E-state index contributed by atoms with van der Waals surface area (Å²) in [6, 6.07) is 17.0. The molecule has 0 aliphatic rings. The van der Waals surface area contributed by atoms with E-state index < -0.39 is 23.3 Å². The van der Waals surface area contributed by atoms with Crippen LogP contribution in [-0.2, 0) is 9.59 Å². The molecule has 0 aliphatic heterocycles. The Bertz CT molecular complexity index is 635. The van der Waals surface area contributed by atoms with Crippen LogP contribution in [0.1, 0.15) is 0 Å². The number of carbonyl (C=O) groups is 2. The zero-order chi connectivity index (χ0) is 15.9. The summed E-state index contributed by atoms with van der Waals surface area (Å²) in [6.07, 6.45) is 0. The van der Waals surface area contributed by atoms with E-state index in [0.29, 0.717) is 11.4 Å². The van der Waals surface area contributed by atoms with Gasteiger partial charge in [0.15, 0.2) is 11.4 Å². The van der Waals surface area contributed by atoms with Crippen molar-refractivity contribution in [1.82, 2.24) is 0 Å². The summed E-state index contributed by atoms with van der Waals surface area (Å²) in [5.74, 6) is -2.74. The van der Waals surface area contributed by atoms with Crippen LogP contribution in [0, 0.1) is 0 Å². The van der Waals surface area contributed by atoms with Gasteiger partial charge in [0.1, 0.15) is 0 Å². The van der Waals surface area contributed by atoms with Crippen LogP contribution < -0.4 is 10.6 Å². The van der Waals surface area contributed by atoms with E-state index in [2.05, 4.69) is 10.6 Å². The second-order valence-electron chi connectivity index (χ2n) is 4.34. The minimum atomic E-state index is -1.37. The van der Waals surface area contributed by atoms with Crippen molar-refractivity contribution < 1.29 is 19.8 Å². The largest absolute Gasteiger partial charge is 0.477 e. The first-order chi connectivity index (χ1) is 10.6. The number of hydrogen-bond donors (Lipinski definition) is 4. The first-order valence-electron chi connectivity index (χ1n) is 6.43. The molecular weight excluding hydrogens is 284 g/mol. The monoisotopic (exact) mass is 298 g/mol. The SMILES string of the molecule is O=C(O)/C(Nc1ccccc1)=C(\Nc1ccccc1)C(=O)O. The fourth-order valence-electron chi connectivity index (χ4n) is 1.78. The maximum Gasteiger partial charge on any atom is 0.354 e. The van der Waals surface area contributed by atoms with Crippen molar-refractivity contribution in [3.63, 3.8) is 0 Å². The van der Waals surface area contributed by atoms with Crippen molar-refractivity contribution in [2.45, 2.75) is 0 Å². The highest BCUT2D eigenvalue weighted by Gasteiger charge is 2.21. The highest BCUT2D eigenvalue weighted by Crippen LogP contribution is 2.16. The number of benzene rings is 2. The molecule has 0 fully saturated rings. The van der Waals surface area contributed by atoms with Gasteiger partial charge < -0.3 is 20.8 Å². The molecule has 6 heteroatoms. The minimum absolute atomic E-state index is 0.442. The van der Waals surface area contributed by atoms with Gasteiger partial charge in [-0.3, -0.25) is 0 Å². The van der Waals surface area contributed by atoms with Gasteiger partial charge in [-0.1, -0.05) is 36.4 Å². The van der Waals surface area contributed by atoms with Gasteiger partial charge in [0.25, 0.3) is 0 Å². The maximum absolute atomic E-state index is 11.4. The molecule has 0 amide bonds. The molecule has 6 nitrogen and oxygen atoms in total. The van der Waals surface area contributed by atoms with Gasteiger partial charge in [-0.05, 0) is 24.3 Å². The highest BCUT2D eigenvalue weighted by atomic mass is 16.4. The standard InChI is InChI=1S/C16H14N2O4/c19-15(20)13(17-11-7-3-1-4-8-11)14(16(21)22)18-12-9-5-2-6-10-12/h1-10,17-18H,(H,19,20)(H,21,22)/b14-13+. The average molecular weight is 298 g/mol. The molecule has 0 radical (unpaired) electrons. The average Bonchev–Trinajstić information content (AvgIpc) is 2.52. The summed E-state index contributed by atoms with van der Waals surface area (Å²) in [4.78, 5) is 22.8. The van der Waals surface area contributed by atoms with Gasteiger partial charge >= 0.3 is 11.9 Å². The lowest BCUT2D eigenvalue weighted by Gasteiger charge is -2.13. The van der Waals surface area contributed by atoms with E-state index in [0.717, 1.165) is 0 Å². The van der Waals surface area contributed by atoms with Crippen molar-refractivity contribution in [1.29, 1.82) is 0 Å². The van der Waals surface area contributed by atoms with Crippen LogP contribution in [0.3, 0.4) is 0 Å². The normalized spacial score (nSPS) is 11.3. The second kappa shape index (κ2) is 6.94. The Morgan fingerprint density at radius 1 is 0.636 bits per heavy atom. The number of carboxylic acid groups (broad SMARTS) is 2. The molecule has 22 heavy (non-hydrogen) atoms. The Morgan fingerprint density at radius 3 is 1.23 bits per heavy atom. The zero-order valence-corrected chi connectivity index (χ0v) is 11.5. The van der Waals surface area contributed by atoms with Gasteiger partial charge in [-0.2, -0.15) is 0 Å². The lowest BCUT2D eigenvalue weighted by Crippen LogP contribution is -2.22. The van der Waals surface area contributed by atoms with E-state index in [1.165, 1.54) is 0 Å². The number of anilines is 2. The summed E-state index contributed by atoms with van der Waals surface area (Å²) >= 11 is 0. The summed E-state index contributed by atoms with van der Waals surface area (Å²) in [5, 5.41) is 23.9. The van der Waals surface area contributed by atoms with Crippen LogP contribution in [0.5, 0.6) is 0 Å². The van der Waals surface area contributed by atoms with Crippen LogP contribution in [0.25, 0.3) is 0 Å². The Labute approximate surface area is 126 Å². The van der Waals surface area contributed by atoms with E-state index in [4.69, 9.17) is 0 Å². The van der Waals surface area contributed by atoms with E-state index in [1.54, 1.807) is 60.7 Å². The Kier molecular flexibility index (Phi) is 4.77. The summed E-state index contributed by atoms with van der Waals surface area (Å²) < 4.78 is 0. The zero-order valence-electron chi connectivity index (χ0n) is 11.5. The summed E-state index contributed by atoms with van der Waals surface area (Å²) in [7, 11) is 0. The molecule has 112 valence electrons. The predicted octanol–water partition coefficient (Wildman–Crippen LogP) is 2.59. The molecule has 0 aromatic heterocycles. The molecule has 0 atom stereocenters. The lowest BCUT2D eigenvalue weighted by atomic mass is 10.2. The third-order valence-electron chi connectivity index (χ3n) is 2.76. The minimum Gasteiger partial charge on any atom is -0.477 e. The maximum atomic E-state index is 11.4. The van der Waals surface area contributed by atoms with E-state index >= 15 is 0 Å². The van der Waals surface area contributed by atoms with E-state index in [-0.39, 0.29) is 0 Å². The molecule has 0 saturated carbocycles. The molecule has 0 saturated heterocycles. The fraction of sp³-hybridized carbons (Fsp3) is 0. The van der Waals surface area contributed by atoms with Gasteiger partial charge in [0, 0.05) is 11.4 Å². The van der Waals surface area contributed by atoms with Crippen molar-refractivity contribution in [3.8, 4) is 0 Å². The molecule has 0 heterocycles. The van der Waals surface area contributed by atoms with Crippen LogP contribution in [-0.4, -0.2) is 22.2 Å². The molecule has 4 N–H and O–H groups in total. The Hall–Kier alpha value is -3.28. The lowest BCUT2D eigenvalue weighted by molar-refractivity contribution is -0.135. The molecule has 2 aromatic rings. The number of nitrogens with one attached hydrogen (secondary N) is 2. The van der Waals surface area contributed by atoms with Crippen molar-refractivity contribution in [2.24, 2.45) is 0 Å². The van der Waals surface area contributed by atoms with Crippen LogP contribution in [0.4, 0.5) is 11.4 Å². The fourth-order valence-corrected chi connectivity index (χ4v) is 1.78. The van der Waals surface area contributed by atoms with E-state index in [9.17, 15) is 19.8 Å². The molecule has 0 aliphatic carbocycles. The number of rotatable bonds is 6. The molecule has 0 spiro atoms. The topological polar surface area (TPSA) is 98.7 Å². The van der Waals surface area contributed by atoms with E-state index in [1.807, 2.05) is 0 Å². The van der Waals surface area contributed by atoms with Gasteiger partial charge in [-0.25, -0.2) is 9.59 Å². The quantitative estimate of drug-likeness (QED) is 0.612. The third kappa shape index (κ3) is 3.86. The van der Waals surface area contributed by atoms with Gasteiger partial charge in [-0.15, -0.1) is 0 Å². The van der Waals surface area contributed by atoms with Crippen LogP contribution in [0.15, 0.2) is 72.1 Å². The highest BCUT2D eigenvalue weighted by molar-refractivity contribution is 6.02. The van der Waals surface area contributed by atoms with Crippen molar-refractivity contribution in [3.05, 3.63) is 72.1 Å². The summed E-state index contributed by atoms with van der Waals surface area (Å²) in [5.41, 5.74) is 0.0760. The molecule has 0 unspecified atom stereocenters. The Balaban J connectivity index is 2.39. The van der Waals surface area contributed by atoms with Gasteiger partial charge in [0.2, 0.25) is 0 Å². The number of hydrogen-bond acceptors (Lipinski definition) is 4. The van der Waals surface area contributed by atoms with Crippen LogP contribution in [0.2, 0.25) is 0 Å². The molecule has 2 aromatic carbocycles. The smallest absolute Gasteiger partial charge is 0.354 e. The predicted molar refractivity (Wildman–Crippen MR) is 82.4 cm³/mol. The first kappa shape index (κ1) is 15.1.